The molecule has 0 spiro atoms. The van der Waals surface area contributed by atoms with Crippen LogP contribution in [0.4, 0.5) is 0 Å². The Bertz CT molecular complexity index is 308. The van der Waals surface area contributed by atoms with Crippen molar-refractivity contribution < 1.29 is 9.53 Å². The molecule has 12 heavy (non-hydrogen) atoms. The van der Waals surface area contributed by atoms with Crippen molar-refractivity contribution in [3.63, 3.8) is 0 Å². The average molecular weight is 185 g/mol. The lowest BCUT2D eigenvalue weighted by Crippen LogP contribution is -1.91. The molecule has 0 amide bonds. The van der Waals surface area contributed by atoms with Gasteiger partial charge in [-0.15, -0.1) is 0 Å². The normalized spacial score (nSPS) is 9.58. The molecular weight excluding hydrogens is 176 g/mol. The number of rotatable bonds is 2. The first-order valence-electron chi connectivity index (χ1n) is 3.48. The third-order valence-electron chi connectivity index (χ3n) is 1.64. The van der Waals surface area contributed by atoms with Crippen molar-refractivity contribution in [2.24, 2.45) is 0 Å². The third kappa shape index (κ3) is 1.59. The van der Waals surface area contributed by atoms with Gasteiger partial charge in [0.25, 0.3) is 0 Å². The van der Waals surface area contributed by atoms with E-state index in [0.717, 1.165) is 11.8 Å². The summed E-state index contributed by atoms with van der Waals surface area (Å²) in [6, 6.07) is 3.34. The van der Waals surface area contributed by atoms with Crippen molar-refractivity contribution >= 4 is 17.9 Å². The maximum Gasteiger partial charge on any atom is 0.153 e. The largest absolute Gasteiger partial charge is 0.496 e. The Hall–Kier alpha value is -1.02. The molecule has 0 saturated heterocycles. The Labute approximate surface area is 76.1 Å². The zero-order valence-corrected chi connectivity index (χ0v) is 7.68. The molecule has 0 heterocycles. The minimum absolute atomic E-state index is 0.514. The fourth-order valence-electron chi connectivity index (χ4n) is 0.954. The summed E-state index contributed by atoms with van der Waals surface area (Å²) < 4.78 is 4.96. The highest BCUT2D eigenvalue weighted by molar-refractivity contribution is 6.31. The van der Waals surface area contributed by atoms with Crippen molar-refractivity contribution in [2.75, 3.05) is 7.11 Å². The van der Waals surface area contributed by atoms with E-state index in [0.29, 0.717) is 16.3 Å². The molecule has 2 nitrogen and oxygen atoms in total. The number of benzene rings is 1. The number of hydrogen-bond acceptors (Lipinski definition) is 2. The SMILES string of the molecule is COc1cc(Cl)c(C)cc1C=O. The van der Waals surface area contributed by atoms with Crippen LogP contribution in [0.5, 0.6) is 5.75 Å². The highest BCUT2D eigenvalue weighted by Gasteiger charge is 2.04. The van der Waals surface area contributed by atoms with Gasteiger partial charge in [-0.2, -0.15) is 0 Å². The molecule has 1 rings (SSSR count). The number of aryl methyl sites for hydroxylation is 1. The van der Waals surface area contributed by atoms with Crippen molar-refractivity contribution in [1.82, 2.24) is 0 Å². The second-order valence-corrected chi connectivity index (χ2v) is 2.87. The van der Waals surface area contributed by atoms with Gasteiger partial charge < -0.3 is 4.74 Å². The summed E-state index contributed by atoms with van der Waals surface area (Å²) in [5.41, 5.74) is 1.40. The number of carbonyl (C=O) groups is 1. The molecule has 1 aromatic rings. The Balaban J connectivity index is 3.28. The fraction of sp³-hybridized carbons (Fsp3) is 0.222. The number of ether oxygens (including phenoxy) is 1. The molecule has 0 atom stereocenters. The molecule has 1 aromatic carbocycles. The number of aldehydes is 1. The molecule has 0 N–H and O–H groups in total. The number of carbonyl (C=O) groups excluding carboxylic acids is 1. The lowest BCUT2D eigenvalue weighted by molar-refractivity contribution is 0.112. The molecule has 0 saturated carbocycles. The first kappa shape index (κ1) is 9.07. The number of methoxy groups -OCH3 is 1. The fourth-order valence-corrected chi connectivity index (χ4v) is 1.11. The minimum atomic E-state index is 0.514. The molecule has 3 heteroatoms. The van der Waals surface area contributed by atoms with Gasteiger partial charge in [0.1, 0.15) is 5.75 Å². The molecule has 0 aliphatic carbocycles. The Morgan fingerprint density at radius 3 is 2.67 bits per heavy atom. The van der Waals surface area contributed by atoms with Crippen LogP contribution in [-0.4, -0.2) is 13.4 Å². The highest BCUT2D eigenvalue weighted by Crippen LogP contribution is 2.25. The standard InChI is InChI=1S/C9H9ClO2/c1-6-3-7(5-11)9(12-2)4-8(6)10/h3-5H,1-2H3. The third-order valence-corrected chi connectivity index (χ3v) is 2.05. The first-order valence-corrected chi connectivity index (χ1v) is 3.86. The summed E-state index contributed by atoms with van der Waals surface area (Å²) in [6.45, 7) is 1.84. The van der Waals surface area contributed by atoms with Crippen LogP contribution >= 0.6 is 11.6 Å². The molecule has 0 radical (unpaired) electrons. The summed E-state index contributed by atoms with van der Waals surface area (Å²) >= 11 is 5.83. The Morgan fingerprint density at radius 1 is 1.50 bits per heavy atom. The van der Waals surface area contributed by atoms with E-state index in [1.807, 2.05) is 6.92 Å². The molecular formula is C9H9ClO2. The first-order chi connectivity index (χ1) is 5.69. The van der Waals surface area contributed by atoms with Crippen molar-refractivity contribution in [3.05, 3.63) is 28.3 Å². The molecule has 0 bridgehead atoms. The second kappa shape index (κ2) is 3.59. The van der Waals surface area contributed by atoms with Crippen LogP contribution in [0.15, 0.2) is 12.1 Å². The maximum absolute atomic E-state index is 10.5. The second-order valence-electron chi connectivity index (χ2n) is 2.46. The Morgan fingerprint density at radius 2 is 2.17 bits per heavy atom. The van der Waals surface area contributed by atoms with Crippen LogP contribution in [0.2, 0.25) is 5.02 Å². The van der Waals surface area contributed by atoms with Gasteiger partial charge in [0, 0.05) is 5.02 Å². The van der Waals surface area contributed by atoms with Gasteiger partial charge in [0.15, 0.2) is 6.29 Å². The van der Waals surface area contributed by atoms with Crippen LogP contribution in [-0.2, 0) is 0 Å². The van der Waals surface area contributed by atoms with Gasteiger partial charge in [-0.1, -0.05) is 11.6 Å². The quantitative estimate of drug-likeness (QED) is 0.660. The van der Waals surface area contributed by atoms with E-state index >= 15 is 0 Å². The van der Waals surface area contributed by atoms with E-state index in [2.05, 4.69) is 0 Å². The van der Waals surface area contributed by atoms with E-state index in [1.165, 1.54) is 7.11 Å². The smallest absolute Gasteiger partial charge is 0.153 e. The van der Waals surface area contributed by atoms with Crippen LogP contribution in [0.1, 0.15) is 15.9 Å². The van der Waals surface area contributed by atoms with Gasteiger partial charge in [-0.25, -0.2) is 0 Å². The maximum atomic E-state index is 10.5. The van der Waals surface area contributed by atoms with Crippen LogP contribution in [0.3, 0.4) is 0 Å². The molecule has 0 aliphatic rings. The zero-order chi connectivity index (χ0) is 9.14. The van der Waals surface area contributed by atoms with Crippen molar-refractivity contribution in [2.45, 2.75) is 6.92 Å². The summed E-state index contributed by atoms with van der Waals surface area (Å²) in [7, 11) is 1.51. The van der Waals surface area contributed by atoms with E-state index in [-0.39, 0.29) is 0 Å². The molecule has 0 fully saturated rings. The van der Waals surface area contributed by atoms with E-state index in [1.54, 1.807) is 12.1 Å². The molecule has 0 aliphatic heterocycles. The summed E-state index contributed by atoms with van der Waals surface area (Å²) in [5.74, 6) is 0.514. The average Bonchev–Trinajstić information content (AvgIpc) is 2.09. The van der Waals surface area contributed by atoms with Crippen molar-refractivity contribution in [3.8, 4) is 5.75 Å². The van der Waals surface area contributed by atoms with E-state index in [4.69, 9.17) is 16.3 Å². The molecule has 0 unspecified atom stereocenters. The van der Waals surface area contributed by atoms with Crippen LogP contribution in [0.25, 0.3) is 0 Å². The molecule has 0 aromatic heterocycles. The molecule has 64 valence electrons. The van der Waals surface area contributed by atoms with E-state index in [9.17, 15) is 4.79 Å². The van der Waals surface area contributed by atoms with Gasteiger partial charge in [-0.3, -0.25) is 4.79 Å². The number of halogens is 1. The van der Waals surface area contributed by atoms with Gasteiger partial charge in [-0.05, 0) is 24.6 Å². The summed E-state index contributed by atoms with van der Waals surface area (Å²) in [6.07, 6.45) is 0.752. The topological polar surface area (TPSA) is 26.3 Å². The van der Waals surface area contributed by atoms with Crippen molar-refractivity contribution in [1.29, 1.82) is 0 Å². The van der Waals surface area contributed by atoms with Crippen LogP contribution in [0, 0.1) is 6.92 Å². The summed E-state index contributed by atoms with van der Waals surface area (Å²) in [5, 5.41) is 0.609. The lowest BCUT2D eigenvalue weighted by Gasteiger charge is -2.05. The zero-order valence-electron chi connectivity index (χ0n) is 6.93. The van der Waals surface area contributed by atoms with Gasteiger partial charge in [0.05, 0.1) is 12.7 Å². The Kier molecular flexibility index (Phi) is 2.71. The van der Waals surface area contributed by atoms with Gasteiger partial charge in [0.2, 0.25) is 0 Å². The predicted molar refractivity (Wildman–Crippen MR) is 48.1 cm³/mol. The predicted octanol–water partition coefficient (Wildman–Crippen LogP) is 2.47. The number of hydrogen-bond donors (Lipinski definition) is 0. The summed E-state index contributed by atoms with van der Waals surface area (Å²) in [4.78, 5) is 10.5. The van der Waals surface area contributed by atoms with Crippen LogP contribution < -0.4 is 4.74 Å². The lowest BCUT2D eigenvalue weighted by atomic mass is 10.1. The highest BCUT2D eigenvalue weighted by atomic mass is 35.5. The monoisotopic (exact) mass is 184 g/mol. The van der Waals surface area contributed by atoms with Gasteiger partial charge >= 0.3 is 0 Å². The minimum Gasteiger partial charge on any atom is -0.496 e. The van der Waals surface area contributed by atoms with E-state index < -0.39 is 0 Å².